The second kappa shape index (κ2) is 8.25. The van der Waals surface area contributed by atoms with E-state index in [9.17, 15) is 18.0 Å². The molecule has 6 N–H and O–H groups in total. The highest BCUT2D eigenvalue weighted by atomic mass is 32.2. The van der Waals surface area contributed by atoms with Crippen LogP contribution in [-0.4, -0.2) is 31.1 Å². The van der Waals surface area contributed by atoms with Gasteiger partial charge >= 0.3 is 5.97 Å². The molecule has 1 aromatic carbocycles. The summed E-state index contributed by atoms with van der Waals surface area (Å²) in [5.41, 5.74) is 8.31. The first-order valence-electron chi connectivity index (χ1n) is 6.67. The minimum Gasteiger partial charge on any atom is -0.481 e. The lowest BCUT2D eigenvalue weighted by Crippen LogP contribution is -2.24. The summed E-state index contributed by atoms with van der Waals surface area (Å²) in [6, 6.07) is 5.46. The van der Waals surface area contributed by atoms with Gasteiger partial charge in [0.1, 0.15) is 5.71 Å². The van der Waals surface area contributed by atoms with E-state index in [0.717, 1.165) is 0 Å². The molecule has 23 heavy (non-hydrogen) atoms. The van der Waals surface area contributed by atoms with Crippen molar-refractivity contribution in [2.24, 2.45) is 16.0 Å². The van der Waals surface area contributed by atoms with E-state index in [1.54, 1.807) is 0 Å². The maximum Gasteiger partial charge on any atom is 0.303 e. The summed E-state index contributed by atoms with van der Waals surface area (Å²) in [6.45, 7) is 0. The smallest absolute Gasteiger partial charge is 0.303 e. The Morgan fingerprint density at radius 2 is 1.70 bits per heavy atom. The summed E-state index contributed by atoms with van der Waals surface area (Å²) >= 11 is 0. The van der Waals surface area contributed by atoms with E-state index in [1.165, 1.54) is 24.3 Å². The van der Waals surface area contributed by atoms with Crippen LogP contribution >= 0.6 is 0 Å². The molecule has 0 spiro atoms. The highest BCUT2D eigenvalue weighted by molar-refractivity contribution is 7.89. The Balaban J connectivity index is 2.66. The summed E-state index contributed by atoms with van der Waals surface area (Å²) < 4.78 is 22.2. The van der Waals surface area contributed by atoms with Gasteiger partial charge in [-0.25, -0.2) is 13.6 Å². The van der Waals surface area contributed by atoms with Gasteiger partial charge in [0.25, 0.3) is 5.91 Å². The Bertz CT molecular complexity index is 698. The number of nitrogens with one attached hydrogen (secondary N) is 1. The van der Waals surface area contributed by atoms with Gasteiger partial charge in [0, 0.05) is 6.42 Å². The third-order valence-electron chi connectivity index (χ3n) is 2.84. The average Bonchev–Trinajstić information content (AvgIpc) is 2.45. The number of carbonyl (C=O) groups is 2. The molecule has 126 valence electrons. The van der Waals surface area contributed by atoms with E-state index in [0.29, 0.717) is 18.5 Å². The number of carbonyl (C=O) groups excluding carboxylic acids is 1. The fraction of sp³-hybridized carbons (Fsp3) is 0.308. The van der Waals surface area contributed by atoms with Crippen LogP contribution in [0.2, 0.25) is 0 Å². The molecule has 10 heteroatoms. The minimum absolute atomic E-state index is 0.00843. The van der Waals surface area contributed by atoms with Crippen molar-refractivity contribution in [3.05, 3.63) is 24.3 Å². The van der Waals surface area contributed by atoms with Gasteiger partial charge in [0.15, 0.2) is 0 Å². The van der Waals surface area contributed by atoms with Gasteiger partial charge in [-0.1, -0.05) is 0 Å². The normalized spacial score (nSPS) is 12.0. The molecule has 0 bridgehead atoms. The molecule has 1 amide bonds. The molecule has 0 atom stereocenters. The molecule has 1 rings (SSSR count). The molecular weight excluding hydrogens is 324 g/mol. The number of benzene rings is 1. The van der Waals surface area contributed by atoms with Crippen LogP contribution in [-0.2, 0) is 19.6 Å². The monoisotopic (exact) mass is 342 g/mol. The molecule has 0 fully saturated rings. The zero-order valence-corrected chi connectivity index (χ0v) is 13.0. The van der Waals surface area contributed by atoms with Crippen LogP contribution in [0.4, 0.5) is 5.69 Å². The van der Waals surface area contributed by atoms with Crippen LogP contribution in [0.15, 0.2) is 34.3 Å². The number of hydrazone groups is 1. The van der Waals surface area contributed by atoms with Crippen molar-refractivity contribution >= 4 is 33.3 Å². The summed E-state index contributed by atoms with van der Waals surface area (Å²) in [7, 11) is -3.77. The zero-order valence-electron chi connectivity index (χ0n) is 12.2. The van der Waals surface area contributed by atoms with Gasteiger partial charge in [-0.2, -0.15) is 5.10 Å². The number of carboxylic acids is 1. The molecule has 0 aliphatic heterocycles. The average molecular weight is 342 g/mol. The highest BCUT2D eigenvalue weighted by Gasteiger charge is 2.09. The van der Waals surface area contributed by atoms with E-state index in [4.69, 9.17) is 16.0 Å². The maximum absolute atomic E-state index is 11.3. The number of hydrogen-bond donors (Lipinski definition) is 4. The molecular formula is C13H18N4O5S. The third-order valence-corrected chi connectivity index (χ3v) is 3.77. The number of carboxylic acid groups (broad SMARTS) is 1. The van der Waals surface area contributed by atoms with Gasteiger partial charge in [-0.3, -0.25) is 15.0 Å². The Morgan fingerprint density at radius 3 is 2.17 bits per heavy atom. The van der Waals surface area contributed by atoms with Crippen molar-refractivity contribution in [1.29, 1.82) is 0 Å². The predicted octanol–water partition coefficient (Wildman–Crippen LogP) is 0.232. The minimum atomic E-state index is -3.77. The lowest BCUT2D eigenvalue weighted by Gasteiger charge is -2.05. The van der Waals surface area contributed by atoms with Gasteiger partial charge in [-0.05, 0) is 43.5 Å². The molecule has 0 aromatic heterocycles. The second-order valence-corrected chi connectivity index (χ2v) is 6.27. The second-order valence-electron chi connectivity index (χ2n) is 4.70. The van der Waals surface area contributed by atoms with Gasteiger partial charge < -0.3 is 10.8 Å². The zero-order chi connectivity index (χ0) is 17.5. The molecule has 0 saturated heterocycles. The van der Waals surface area contributed by atoms with Crippen LogP contribution in [0.1, 0.15) is 25.7 Å². The van der Waals surface area contributed by atoms with Gasteiger partial charge in [-0.15, -0.1) is 0 Å². The Morgan fingerprint density at radius 1 is 1.13 bits per heavy atom. The number of primary sulfonamides is 1. The lowest BCUT2D eigenvalue weighted by atomic mass is 10.1. The molecule has 0 unspecified atom stereocenters. The summed E-state index contributed by atoms with van der Waals surface area (Å²) in [6.07, 6.45) is 1.12. The molecule has 1 aromatic rings. The quantitative estimate of drug-likeness (QED) is 0.285. The molecule has 0 aliphatic rings. The number of anilines is 1. The van der Waals surface area contributed by atoms with Crippen molar-refractivity contribution < 1.29 is 23.1 Å². The summed E-state index contributed by atoms with van der Waals surface area (Å²) in [4.78, 5) is 21.6. The Hall–Kier alpha value is -2.46. The van der Waals surface area contributed by atoms with Gasteiger partial charge in [0.05, 0.1) is 10.6 Å². The van der Waals surface area contributed by atoms with E-state index < -0.39 is 21.9 Å². The van der Waals surface area contributed by atoms with Crippen molar-refractivity contribution in [1.82, 2.24) is 0 Å². The van der Waals surface area contributed by atoms with Gasteiger partial charge in [0.2, 0.25) is 10.0 Å². The van der Waals surface area contributed by atoms with Crippen LogP contribution < -0.4 is 16.3 Å². The molecule has 0 saturated carbocycles. The largest absolute Gasteiger partial charge is 0.481 e. The topological polar surface area (TPSA) is 165 Å². The first-order chi connectivity index (χ1) is 10.7. The summed E-state index contributed by atoms with van der Waals surface area (Å²) in [5.74, 6) is -1.62. The standard InChI is InChI=1S/C13H18N4O5S/c14-13(20)11(3-1-2-4-12(18)19)17-16-9-5-7-10(8-6-9)23(15,21)22/h5-8,16H,1-4H2,(H2,14,20)(H,18,19)(H2,15,21,22)/b17-11+. The van der Waals surface area contributed by atoms with Crippen LogP contribution in [0.3, 0.4) is 0 Å². The number of nitrogens with zero attached hydrogens (tertiary/aromatic N) is 1. The fourth-order valence-corrected chi connectivity index (χ4v) is 2.17. The Labute approximate surface area is 133 Å². The van der Waals surface area contributed by atoms with Crippen LogP contribution in [0.5, 0.6) is 0 Å². The Kier molecular flexibility index (Phi) is 6.66. The van der Waals surface area contributed by atoms with Crippen molar-refractivity contribution in [3.63, 3.8) is 0 Å². The predicted molar refractivity (Wildman–Crippen MR) is 84.2 cm³/mol. The van der Waals surface area contributed by atoms with Crippen molar-refractivity contribution in [2.45, 2.75) is 30.6 Å². The van der Waals surface area contributed by atoms with E-state index in [-0.39, 0.29) is 23.4 Å². The fourth-order valence-electron chi connectivity index (χ4n) is 1.65. The highest BCUT2D eigenvalue weighted by Crippen LogP contribution is 2.13. The SMILES string of the molecule is NC(=O)/C(CCCCC(=O)O)=N/Nc1ccc(S(N)(=O)=O)cc1. The van der Waals surface area contributed by atoms with Crippen molar-refractivity contribution in [2.75, 3.05) is 5.43 Å². The third kappa shape index (κ3) is 6.89. The number of hydrogen-bond acceptors (Lipinski definition) is 6. The molecule has 0 heterocycles. The number of amides is 1. The number of aliphatic carboxylic acids is 1. The maximum atomic E-state index is 11.3. The number of rotatable bonds is 9. The first-order valence-corrected chi connectivity index (χ1v) is 8.22. The van der Waals surface area contributed by atoms with E-state index in [1.807, 2.05) is 0 Å². The number of unbranched alkanes of at least 4 members (excludes halogenated alkanes) is 1. The van der Waals surface area contributed by atoms with E-state index >= 15 is 0 Å². The number of sulfonamides is 1. The van der Waals surface area contributed by atoms with Crippen LogP contribution in [0, 0.1) is 0 Å². The molecule has 9 nitrogen and oxygen atoms in total. The van der Waals surface area contributed by atoms with E-state index in [2.05, 4.69) is 10.5 Å². The first kappa shape index (κ1) is 18.6. The number of primary amides is 1. The number of nitrogens with two attached hydrogens (primary N) is 2. The lowest BCUT2D eigenvalue weighted by molar-refractivity contribution is -0.137. The molecule has 0 aliphatic carbocycles. The summed E-state index contributed by atoms with van der Waals surface area (Å²) in [5, 5.41) is 17.4. The van der Waals surface area contributed by atoms with Crippen molar-refractivity contribution in [3.8, 4) is 0 Å². The molecule has 0 radical (unpaired) electrons. The van der Waals surface area contributed by atoms with Crippen LogP contribution in [0.25, 0.3) is 0 Å².